The van der Waals surface area contributed by atoms with Gasteiger partial charge in [0.25, 0.3) is 0 Å². The molecule has 2 heteroatoms. The summed E-state index contributed by atoms with van der Waals surface area (Å²) in [5, 5.41) is 0. The number of halogens is 1. The van der Waals surface area contributed by atoms with Crippen LogP contribution in [0.15, 0.2) is 16.6 Å². The molecule has 1 aromatic carbocycles. The van der Waals surface area contributed by atoms with Crippen molar-refractivity contribution in [1.82, 2.24) is 0 Å². The highest BCUT2D eigenvalue weighted by Gasteiger charge is 2.22. The van der Waals surface area contributed by atoms with Gasteiger partial charge >= 0.3 is 0 Å². The summed E-state index contributed by atoms with van der Waals surface area (Å²) in [4.78, 5) is 0. The van der Waals surface area contributed by atoms with Gasteiger partial charge in [-0.3, -0.25) is 0 Å². The van der Waals surface area contributed by atoms with Gasteiger partial charge in [-0.25, -0.2) is 0 Å². The summed E-state index contributed by atoms with van der Waals surface area (Å²) < 4.78 is 6.96. The van der Waals surface area contributed by atoms with E-state index in [2.05, 4.69) is 41.9 Å². The van der Waals surface area contributed by atoms with Crippen LogP contribution < -0.4 is 4.74 Å². The predicted molar refractivity (Wildman–Crippen MR) is 61.8 cm³/mol. The molecule has 1 fully saturated rings. The van der Waals surface area contributed by atoms with Crippen molar-refractivity contribution in [3.8, 4) is 5.75 Å². The molecule has 0 amide bonds. The van der Waals surface area contributed by atoms with E-state index in [9.17, 15) is 0 Å². The number of hydrogen-bond donors (Lipinski definition) is 0. The van der Waals surface area contributed by atoms with Crippen molar-refractivity contribution in [2.75, 3.05) is 6.61 Å². The second-order valence-electron chi connectivity index (χ2n) is 4.12. The summed E-state index contributed by atoms with van der Waals surface area (Å²) in [7, 11) is 0. The lowest BCUT2D eigenvalue weighted by molar-refractivity contribution is 0.296. The van der Waals surface area contributed by atoms with Gasteiger partial charge < -0.3 is 4.74 Å². The standard InChI is InChI=1S/C12H15BrO/c1-8-5-11(13)6-9(2)12(8)14-7-10-3-4-10/h5-6,10H,3-4,7H2,1-2H3. The first-order valence-electron chi connectivity index (χ1n) is 5.06. The van der Waals surface area contributed by atoms with E-state index in [4.69, 9.17) is 4.74 Å². The molecule has 1 aliphatic rings. The molecule has 0 aliphatic heterocycles. The lowest BCUT2D eigenvalue weighted by Crippen LogP contribution is -2.02. The van der Waals surface area contributed by atoms with Crippen molar-refractivity contribution < 1.29 is 4.74 Å². The van der Waals surface area contributed by atoms with Crippen molar-refractivity contribution in [3.05, 3.63) is 27.7 Å². The van der Waals surface area contributed by atoms with Crippen molar-refractivity contribution in [3.63, 3.8) is 0 Å². The molecule has 1 saturated carbocycles. The van der Waals surface area contributed by atoms with Gasteiger partial charge in [0.1, 0.15) is 5.75 Å². The zero-order valence-corrected chi connectivity index (χ0v) is 10.2. The van der Waals surface area contributed by atoms with Crippen LogP contribution in [0.25, 0.3) is 0 Å². The fraction of sp³-hybridized carbons (Fsp3) is 0.500. The van der Waals surface area contributed by atoms with E-state index in [1.165, 1.54) is 24.0 Å². The summed E-state index contributed by atoms with van der Waals surface area (Å²) >= 11 is 3.48. The zero-order chi connectivity index (χ0) is 10.1. The normalized spacial score (nSPS) is 15.6. The summed E-state index contributed by atoms with van der Waals surface area (Å²) in [6.45, 7) is 5.09. The molecule has 2 rings (SSSR count). The van der Waals surface area contributed by atoms with Crippen molar-refractivity contribution in [1.29, 1.82) is 0 Å². The van der Waals surface area contributed by atoms with Gasteiger partial charge in [0.15, 0.2) is 0 Å². The topological polar surface area (TPSA) is 9.23 Å². The highest BCUT2D eigenvalue weighted by molar-refractivity contribution is 9.10. The molecule has 0 heterocycles. The van der Waals surface area contributed by atoms with Gasteiger partial charge in [-0.15, -0.1) is 0 Å². The Bertz CT molecular complexity index is 319. The van der Waals surface area contributed by atoms with E-state index < -0.39 is 0 Å². The second kappa shape index (κ2) is 3.93. The Kier molecular flexibility index (Phi) is 2.82. The largest absolute Gasteiger partial charge is 0.493 e. The number of rotatable bonds is 3. The van der Waals surface area contributed by atoms with Crippen LogP contribution in [0.4, 0.5) is 0 Å². The molecule has 14 heavy (non-hydrogen) atoms. The first kappa shape index (κ1) is 10.0. The second-order valence-corrected chi connectivity index (χ2v) is 5.04. The van der Waals surface area contributed by atoms with Crippen LogP contribution in [0.3, 0.4) is 0 Å². The van der Waals surface area contributed by atoms with Crippen LogP contribution in [0.5, 0.6) is 5.75 Å². The molecule has 0 bridgehead atoms. The molecule has 0 saturated heterocycles. The lowest BCUT2D eigenvalue weighted by atomic mass is 10.1. The van der Waals surface area contributed by atoms with Gasteiger partial charge in [-0.05, 0) is 55.9 Å². The van der Waals surface area contributed by atoms with Crippen LogP contribution in [0.1, 0.15) is 24.0 Å². The summed E-state index contributed by atoms with van der Waals surface area (Å²) in [5.41, 5.74) is 2.44. The van der Waals surface area contributed by atoms with Crippen molar-refractivity contribution in [2.24, 2.45) is 5.92 Å². The Morgan fingerprint density at radius 3 is 2.36 bits per heavy atom. The average Bonchev–Trinajstić information content (AvgIpc) is 2.85. The third kappa shape index (κ3) is 2.30. The fourth-order valence-electron chi connectivity index (χ4n) is 1.61. The highest BCUT2D eigenvalue weighted by Crippen LogP contribution is 2.32. The first-order chi connectivity index (χ1) is 6.66. The molecule has 0 radical (unpaired) electrons. The van der Waals surface area contributed by atoms with Crippen LogP contribution >= 0.6 is 15.9 Å². The van der Waals surface area contributed by atoms with E-state index in [0.717, 1.165) is 22.7 Å². The lowest BCUT2D eigenvalue weighted by Gasteiger charge is -2.12. The molecular formula is C12H15BrO. The van der Waals surface area contributed by atoms with E-state index in [0.29, 0.717) is 0 Å². The number of benzene rings is 1. The Hall–Kier alpha value is -0.500. The maximum Gasteiger partial charge on any atom is 0.125 e. The molecule has 1 aromatic rings. The van der Waals surface area contributed by atoms with Crippen molar-refractivity contribution >= 4 is 15.9 Å². The molecule has 0 spiro atoms. The van der Waals surface area contributed by atoms with Crippen LogP contribution in [0.2, 0.25) is 0 Å². The number of hydrogen-bond acceptors (Lipinski definition) is 1. The molecule has 1 aliphatic carbocycles. The van der Waals surface area contributed by atoms with E-state index in [1.807, 2.05) is 0 Å². The van der Waals surface area contributed by atoms with E-state index in [1.54, 1.807) is 0 Å². The molecule has 0 N–H and O–H groups in total. The van der Waals surface area contributed by atoms with Crippen molar-refractivity contribution in [2.45, 2.75) is 26.7 Å². The van der Waals surface area contributed by atoms with Crippen LogP contribution in [-0.4, -0.2) is 6.61 Å². The molecule has 0 aromatic heterocycles. The smallest absolute Gasteiger partial charge is 0.125 e. The van der Waals surface area contributed by atoms with Crippen LogP contribution in [0, 0.1) is 19.8 Å². The molecule has 0 atom stereocenters. The average molecular weight is 255 g/mol. The Balaban J connectivity index is 2.13. The van der Waals surface area contributed by atoms with Gasteiger partial charge in [0.05, 0.1) is 6.61 Å². The van der Waals surface area contributed by atoms with Gasteiger partial charge in [0.2, 0.25) is 0 Å². The SMILES string of the molecule is Cc1cc(Br)cc(C)c1OCC1CC1. The fourth-order valence-corrected chi connectivity index (χ4v) is 2.30. The Labute approximate surface area is 93.6 Å². The van der Waals surface area contributed by atoms with E-state index >= 15 is 0 Å². The summed E-state index contributed by atoms with van der Waals surface area (Å²) in [6, 6.07) is 4.21. The minimum atomic E-state index is 0.817. The highest BCUT2D eigenvalue weighted by atomic mass is 79.9. The quantitative estimate of drug-likeness (QED) is 0.797. The molecule has 1 nitrogen and oxygen atoms in total. The van der Waals surface area contributed by atoms with Crippen LogP contribution in [-0.2, 0) is 0 Å². The minimum Gasteiger partial charge on any atom is -0.493 e. The monoisotopic (exact) mass is 254 g/mol. The zero-order valence-electron chi connectivity index (χ0n) is 8.64. The molecular weight excluding hydrogens is 240 g/mol. The maximum atomic E-state index is 5.83. The third-order valence-electron chi connectivity index (χ3n) is 2.59. The molecule has 0 unspecified atom stereocenters. The summed E-state index contributed by atoms with van der Waals surface area (Å²) in [5.74, 6) is 1.89. The Morgan fingerprint density at radius 2 is 1.86 bits per heavy atom. The van der Waals surface area contributed by atoms with Gasteiger partial charge in [-0.1, -0.05) is 15.9 Å². The van der Waals surface area contributed by atoms with E-state index in [-0.39, 0.29) is 0 Å². The predicted octanol–water partition coefficient (Wildman–Crippen LogP) is 3.85. The Morgan fingerprint density at radius 1 is 1.29 bits per heavy atom. The first-order valence-corrected chi connectivity index (χ1v) is 5.85. The third-order valence-corrected chi connectivity index (χ3v) is 3.04. The maximum absolute atomic E-state index is 5.83. The number of aryl methyl sites for hydroxylation is 2. The van der Waals surface area contributed by atoms with Gasteiger partial charge in [0, 0.05) is 4.47 Å². The molecule has 76 valence electrons. The number of ether oxygens (including phenoxy) is 1. The van der Waals surface area contributed by atoms with Gasteiger partial charge in [-0.2, -0.15) is 0 Å². The minimum absolute atomic E-state index is 0.817. The summed E-state index contributed by atoms with van der Waals surface area (Å²) in [6.07, 6.45) is 2.68.